The first kappa shape index (κ1) is 78.1. The van der Waals surface area contributed by atoms with Gasteiger partial charge < -0.3 is 14.2 Å². The molecule has 0 aromatic carbocycles. The van der Waals surface area contributed by atoms with Crippen molar-refractivity contribution in [1.82, 2.24) is 0 Å². The average Bonchev–Trinajstić information content (AvgIpc) is 3.47. The lowest BCUT2D eigenvalue weighted by Gasteiger charge is -2.18. The largest absolute Gasteiger partial charge is 0.462 e. The van der Waals surface area contributed by atoms with Gasteiger partial charge in [0.2, 0.25) is 0 Å². The fraction of sp³-hybridized carbons (Fsp3) is 0.724. The molecule has 0 saturated heterocycles. The van der Waals surface area contributed by atoms with Crippen molar-refractivity contribution < 1.29 is 28.6 Å². The lowest BCUT2D eigenvalue weighted by Crippen LogP contribution is -2.30. The van der Waals surface area contributed by atoms with Gasteiger partial charge in [-0.3, -0.25) is 14.4 Å². The fourth-order valence-electron chi connectivity index (χ4n) is 9.75. The number of carbonyl (C=O) groups excluding carboxylic acids is 3. The molecule has 0 amide bonds. The van der Waals surface area contributed by atoms with Gasteiger partial charge in [-0.2, -0.15) is 0 Å². The van der Waals surface area contributed by atoms with Crippen molar-refractivity contribution in [3.63, 3.8) is 0 Å². The van der Waals surface area contributed by atoms with Crippen LogP contribution in [0.25, 0.3) is 0 Å². The molecule has 0 radical (unpaired) electrons. The van der Waals surface area contributed by atoms with Gasteiger partial charge in [0.1, 0.15) is 13.2 Å². The zero-order valence-electron chi connectivity index (χ0n) is 54.0. The van der Waals surface area contributed by atoms with Gasteiger partial charge in [0.15, 0.2) is 6.10 Å². The van der Waals surface area contributed by atoms with E-state index < -0.39 is 6.10 Å². The van der Waals surface area contributed by atoms with Crippen LogP contribution in [0.5, 0.6) is 0 Å². The van der Waals surface area contributed by atoms with E-state index in [1.54, 1.807) is 0 Å². The summed E-state index contributed by atoms with van der Waals surface area (Å²) in [5.74, 6) is -0.893. The average molecular weight is 1140 g/mol. The summed E-state index contributed by atoms with van der Waals surface area (Å²) in [6.45, 7) is 6.47. The Morgan fingerprint density at radius 3 is 0.780 bits per heavy atom. The number of hydrogen-bond donors (Lipinski definition) is 0. The van der Waals surface area contributed by atoms with Crippen molar-refractivity contribution in [2.45, 2.75) is 341 Å². The summed E-state index contributed by atoms with van der Waals surface area (Å²) < 4.78 is 16.9. The van der Waals surface area contributed by atoms with Crippen molar-refractivity contribution in [3.05, 3.63) is 109 Å². The second-order valence-electron chi connectivity index (χ2n) is 23.1. The molecule has 0 saturated carbocycles. The quantitative estimate of drug-likeness (QED) is 0.0261. The molecular formula is C76H130O6. The fourth-order valence-corrected chi connectivity index (χ4v) is 9.75. The maximum Gasteiger partial charge on any atom is 0.306 e. The first-order valence-corrected chi connectivity index (χ1v) is 34.9. The van der Waals surface area contributed by atoms with Crippen LogP contribution in [0, 0.1) is 0 Å². The van der Waals surface area contributed by atoms with Gasteiger partial charge in [0, 0.05) is 19.3 Å². The van der Waals surface area contributed by atoms with E-state index in [1.807, 2.05) is 0 Å². The number of rotatable bonds is 63. The summed E-state index contributed by atoms with van der Waals surface area (Å²) in [7, 11) is 0. The molecule has 0 aliphatic carbocycles. The van der Waals surface area contributed by atoms with Crippen LogP contribution < -0.4 is 0 Å². The Balaban J connectivity index is 4.20. The maximum atomic E-state index is 12.9. The van der Waals surface area contributed by atoms with Crippen LogP contribution in [0.3, 0.4) is 0 Å². The third kappa shape index (κ3) is 66.9. The zero-order chi connectivity index (χ0) is 59.2. The van der Waals surface area contributed by atoms with Crippen LogP contribution in [0.4, 0.5) is 0 Å². The number of ether oxygens (including phenoxy) is 3. The molecule has 0 fully saturated rings. The van der Waals surface area contributed by atoms with Gasteiger partial charge in [-0.15, -0.1) is 0 Å². The molecule has 0 bridgehead atoms. The maximum absolute atomic E-state index is 12.9. The topological polar surface area (TPSA) is 78.9 Å². The minimum atomic E-state index is -0.789. The molecule has 82 heavy (non-hydrogen) atoms. The van der Waals surface area contributed by atoms with Gasteiger partial charge in [0.05, 0.1) is 0 Å². The van der Waals surface area contributed by atoms with E-state index in [9.17, 15) is 14.4 Å². The first-order valence-electron chi connectivity index (χ1n) is 34.9. The molecule has 1 unspecified atom stereocenters. The summed E-state index contributed by atoms with van der Waals surface area (Å²) in [4.78, 5) is 38.4. The smallest absolute Gasteiger partial charge is 0.306 e. The van der Waals surface area contributed by atoms with E-state index in [1.165, 1.54) is 173 Å². The van der Waals surface area contributed by atoms with E-state index >= 15 is 0 Å². The number of carbonyl (C=O) groups is 3. The molecule has 0 heterocycles. The Labute approximate surface area is 508 Å². The van der Waals surface area contributed by atoms with E-state index in [2.05, 4.69) is 130 Å². The van der Waals surface area contributed by atoms with Crippen LogP contribution in [0.15, 0.2) is 109 Å². The van der Waals surface area contributed by atoms with Crippen molar-refractivity contribution >= 4 is 17.9 Å². The van der Waals surface area contributed by atoms with E-state index in [4.69, 9.17) is 14.2 Å². The molecular weight excluding hydrogens is 1010 g/mol. The minimum Gasteiger partial charge on any atom is -0.462 e. The molecule has 6 heteroatoms. The highest BCUT2D eigenvalue weighted by Crippen LogP contribution is 2.17. The summed E-state index contributed by atoms with van der Waals surface area (Å²) in [6.07, 6.45) is 95.4. The molecule has 0 aromatic heterocycles. The number of unbranched alkanes of at least 4 members (excludes halogenated alkanes) is 34. The van der Waals surface area contributed by atoms with Gasteiger partial charge in [-0.25, -0.2) is 0 Å². The molecule has 470 valence electrons. The number of esters is 3. The van der Waals surface area contributed by atoms with E-state index in [0.29, 0.717) is 19.3 Å². The molecule has 6 nitrogen and oxygen atoms in total. The monoisotopic (exact) mass is 1140 g/mol. The summed E-state index contributed by atoms with van der Waals surface area (Å²) in [5, 5.41) is 0. The minimum absolute atomic E-state index is 0.0835. The Bertz CT molecular complexity index is 1640. The van der Waals surface area contributed by atoms with E-state index in [-0.39, 0.29) is 31.1 Å². The predicted molar refractivity (Wildman–Crippen MR) is 357 cm³/mol. The highest BCUT2D eigenvalue weighted by atomic mass is 16.6. The highest BCUT2D eigenvalue weighted by Gasteiger charge is 2.19. The van der Waals surface area contributed by atoms with Gasteiger partial charge >= 0.3 is 17.9 Å². The second kappa shape index (κ2) is 69.6. The third-order valence-electron chi connectivity index (χ3n) is 15.0. The van der Waals surface area contributed by atoms with Crippen molar-refractivity contribution in [2.24, 2.45) is 0 Å². The predicted octanol–water partition coefficient (Wildman–Crippen LogP) is 24.2. The summed E-state index contributed by atoms with van der Waals surface area (Å²) >= 11 is 0. The van der Waals surface area contributed by atoms with Gasteiger partial charge in [0.25, 0.3) is 0 Å². The molecule has 0 N–H and O–H groups in total. The van der Waals surface area contributed by atoms with Crippen molar-refractivity contribution in [3.8, 4) is 0 Å². The van der Waals surface area contributed by atoms with Gasteiger partial charge in [-0.05, 0) is 122 Å². The normalized spacial score (nSPS) is 12.8. The Morgan fingerprint density at radius 2 is 0.488 bits per heavy atom. The van der Waals surface area contributed by atoms with Crippen LogP contribution in [0.1, 0.15) is 335 Å². The van der Waals surface area contributed by atoms with E-state index in [0.717, 1.165) is 122 Å². The summed E-state index contributed by atoms with van der Waals surface area (Å²) in [5.41, 5.74) is 0. The Kier molecular flexibility index (Phi) is 66.2. The molecule has 0 rings (SSSR count). The van der Waals surface area contributed by atoms with Crippen LogP contribution in [-0.2, 0) is 28.6 Å². The number of hydrogen-bond acceptors (Lipinski definition) is 6. The third-order valence-corrected chi connectivity index (χ3v) is 15.0. The van der Waals surface area contributed by atoms with Crippen molar-refractivity contribution in [2.75, 3.05) is 13.2 Å². The second-order valence-corrected chi connectivity index (χ2v) is 23.1. The van der Waals surface area contributed by atoms with Crippen LogP contribution in [-0.4, -0.2) is 37.2 Å². The molecule has 0 aliphatic rings. The van der Waals surface area contributed by atoms with Gasteiger partial charge in [-0.1, -0.05) is 304 Å². The lowest BCUT2D eigenvalue weighted by atomic mass is 10.0. The Morgan fingerprint density at radius 1 is 0.256 bits per heavy atom. The Hall–Kier alpha value is -3.93. The van der Waals surface area contributed by atoms with Crippen molar-refractivity contribution in [1.29, 1.82) is 0 Å². The first-order chi connectivity index (χ1) is 40.5. The molecule has 0 aromatic rings. The van der Waals surface area contributed by atoms with Crippen LogP contribution >= 0.6 is 0 Å². The molecule has 1 atom stereocenters. The summed E-state index contributed by atoms with van der Waals surface area (Å²) in [6, 6.07) is 0. The molecule has 0 aliphatic heterocycles. The zero-order valence-corrected chi connectivity index (χ0v) is 54.0. The standard InChI is InChI=1S/C76H130O6/c1-4-7-10-13-16-19-22-25-28-30-31-32-33-34-35-36-37-38-39-40-41-42-43-44-45-47-48-51-54-57-60-63-66-69-75(78)81-72-73(71-80-74(77)68-65-62-59-56-53-50-27-24-21-18-15-12-9-6-3)82-76(79)70-67-64-61-58-55-52-49-46-29-26-23-20-17-14-11-8-5-2/h7,10,15-20,24-29,31-32,34-35,73H,4-6,8-9,11-14,21-23,30,33,36-72H2,1-3H3/b10-7-,18-15-,19-16-,20-17-,27-24-,28-25-,29-26-,32-31-,35-34-. The highest BCUT2D eigenvalue weighted by molar-refractivity contribution is 5.71. The number of allylic oxidation sites excluding steroid dienone is 18. The van der Waals surface area contributed by atoms with Crippen LogP contribution in [0.2, 0.25) is 0 Å². The lowest BCUT2D eigenvalue weighted by molar-refractivity contribution is -0.167. The molecule has 0 spiro atoms. The SMILES string of the molecule is CC/C=C\C/C=C\C/C=C\C/C=C\C/C=C\CCCCCCCCCCCCCCCCCCCC(=O)OCC(COC(=O)CCCCCCC/C=C\C/C=C\CCCC)OC(=O)CCCCCCCCC/C=C\C/C=C\CCCCC.